The molecule has 0 aliphatic carbocycles. The van der Waals surface area contributed by atoms with Crippen LogP contribution < -0.4 is 14.9 Å². The van der Waals surface area contributed by atoms with Crippen molar-refractivity contribution >= 4 is 39.7 Å². The summed E-state index contributed by atoms with van der Waals surface area (Å²) in [5.41, 5.74) is 4.57. The van der Waals surface area contributed by atoms with Crippen LogP contribution >= 0.6 is 27.5 Å². The predicted octanol–water partition coefficient (Wildman–Crippen LogP) is 4.58. The molecule has 2 aromatic rings. The van der Waals surface area contributed by atoms with Gasteiger partial charge >= 0.3 is 0 Å². The molecular weight excluding hydrogens is 408 g/mol. The van der Waals surface area contributed by atoms with Crippen molar-refractivity contribution in [3.63, 3.8) is 0 Å². The lowest BCUT2D eigenvalue weighted by Crippen LogP contribution is -2.17. The summed E-state index contributed by atoms with van der Waals surface area (Å²) in [7, 11) is 1.57. The van der Waals surface area contributed by atoms with Gasteiger partial charge in [-0.1, -0.05) is 17.7 Å². The molecule has 0 radical (unpaired) electrons. The second kappa shape index (κ2) is 8.87. The molecule has 1 amide bonds. The van der Waals surface area contributed by atoms with Crippen LogP contribution in [0.5, 0.6) is 11.5 Å². The van der Waals surface area contributed by atoms with Crippen molar-refractivity contribution in [1.82, 2.24) is 5.43 Å². The van der Waals surface area contributed by atoms with Gasteiger partial charge in [0, 0.05) is 20.6 Å². The first-order chi connectivity index (χ1) is 12.0. The zero-order chi connectivity index (χ0) is 18.4. The first-order valence-corrected chi connectivity index (χ1v) is 8.73. The molecular formula is C18H18BrClN2O3. The van der Waals surface area contributed by atoms with Crippen LogP contribution in [0.25, 0.3) is 0 Å². The van der Waals surface area contributed by atoms with Crippen LogP contribution in [-0.2, 0) is 0 Å². The monoisotopic (exact) mass is 424 g/mol. The number of carbonyl (C=O) groups excluding carboxylic acids is 1. The number of ether oxygens (including phenoxy) is 2. The molecule has 0 saturated heterocycles. The Morgan fingerprint density at radius 2 is 2.08 bits per heavy atom. The Morgan fingerprint density at radius 3 is 2.72 bits per heavy atom. The predicted molar refractivity (Wildman–Crippen MR) is 103 cm³/mol. The molecule has 25 heavy (non-hydrogen) atoms. The van der Waals surface area contributed by atoms with E-state index in [1.807, 2.05) is 13.8 Å². The van der Waals surface area contributed by atoms with E-state index in [0.29, 0.717) is 28.7 Å². The van der Waals surface area contributed by atoms with E-state index in [9.17, 15) is 4.79 Å². The fourth-order valence-electron chi connectivity index (χ4n) is 2.04. The quantitative estimate of drug-likeness (QED) is 0.544. The lowest BCUT2D eigenvalue weighted by atomic mass is 10.1. The Morgan fingerprint density at radius 1 is 1.32 bits per heavy atom. The van der Waals surface area contributed by atoms with Crippen molar-refractivity contribution in [2.45, 2.75) is 13.8 Å². The summed E-state index contributed by atoms with van der Waals surface area (Å²) in [5, 5.41) is 4.53. The standard InChI is InChI=1S/C18H18BrClN2O3/c1-4-25-17-8-13(14(19)9-16(17)24-3)10-21-22-18(23)12-6-5-11(2)15(20)7-12/h5-10H,4H2,1-3H3,(H,22,23)/b21-10-. The van der Waals surface area contributed by atoms with Gasteiger partial charge in [0.2, 0.25) is 0 Å². The number of carbonyl (C=O) groups is 1. The van der Waals surface area contributed by atoms with Crippen molar-refractivity contribution in [2.24, 2.45) is 5.10 Å². The van der Waals surface area contributed by atoms with Crippen LogP contribution in [0.2, 0.25) is 5.02 Å². The van der Waals surface area contributed by atoms with Crippen molar-refractivity contribution in [1.29, 1.82) is 0 Å². The van der Waals surface area contributed by atoms with Crippen LogP contribution in [-0.4, -0.2) is 25.8 Å². The Hall–Kier alpha value is -2.05. The molecule has 0 aliphatic rings. The lowest BCUT2D eigenvalue weighted by molar-refractivity contribution is 0.0955. The third-order valence-corrected chi connectivity index (χ3v) is 4.48. The van der Waals surface area contributed by atoms with Gasteiger partial charge in [-0.05, 0) is 59.6 Å². The number of benzene rings is 2. The van der Waals surface area contributed by atoms with E-state index in [4.69, 9.17) is 21.1 Å². The van der Waals surface area contributed by atoms with Gasteiger partial charge in [0.1, 0.15) is 0 Å². The van der Waals surface area contributed by atoms with Gasteiger partial charge < -0.3 is 9.47 Å². The zero-order valence-electron chi connectivity index (χ0n) is 14.1. The maximum Gasteiger partial charge on any atom is 0.271 e. The second-order valence-corrected chi connectivity index (χ2v) is 6.38. The molecule has 2 aromatic carbocycles. The van der Waals surface area contributed by atoms with Crippen molar-refractivity contribution in [2.75, 3.05) is 13.7 Å². The molecule has 132 valence electrons. The van der Waals surface area contributed by atoms with E-state index in [1.165, 1.54) is 6.21 Å². The molecule has 0 fully saturated rings. The largest absolute Gasteiger partial charge is 0.493 e. The van der Waals surface area contributed by atoms with Crippen molar-refractivity contribution in [3.05, 3.63) is 56.5 Å². The van der Waals surface area contributed by atoms with E-state index in [2.05, 4.69) is 26.5 Å². The van der Waals surface area contributed by atoms with Gasteiger partial charge in [0.25, 0.3) is 5.91 Å². The molecule has 0 spiro atoms. The zero-order valence-corrected chi connectivity index (χ0v) is 16.4. The average molecular weight is 426 g/mol. The third kappa shape index (κ3) is 4.96. The average Bonchev–Trinajstić information content (AvgIpc) is 2.59. The first-order valence-electron chi connectivity index (χ1n) is 7.56. The minimum atomic E-state index is -0.340. The summed E-state index contributed by atoms with van der Waals surface area (Å²) in [5.74, 6) is 0.878. The van der Waals surface area contributed by atoms with Gasteiger partial charge in [-0.2, -0.15) is 5.10 Å². The van der Waals surface area contributed by atoms with Gasteiger partial charge in [0.05, 0.1) is 19.9 Å². The summed E-state index contributed by atoms with van der Waals surface area (Å²) < 4.78 is 11.6. The number of rotatable bonds is 6. The van der Waals surface area contributed by atoms with E-state index in [1.54, 1.807) is 37.4 Å². The van der Waals surface area contributed by atoms with Gasteiger partial charge in [-0.25, -0.2) is 5.43 Å². The third-order valence-electron chi connectivity index (χ3n) is 3.39. The van der Waals surface area contributed by atoms with Crippen molar-refractivity contribution < 1.29 is 14.3 Å². The Labute approximate surface area is 160 Å². The van der Waals surface area contributed by atoms with Crippen LogP contribution in [0.3, 0.4) is 0 Å². The maximum absolute atomic E-state index is 12.1. The fourth-order valence-corrected chi connectivity index (χ4v) is 2.64. The van der Waals surface area contributed by atoms with Gasteiger partial charge in [-0.15, -0.1) is 0 Å². The molecule has 7 heteroatoms. The SMILES string of the molecule is CCOc1cc(/C=N\NC(=O)c2ccc(C)c(Cl)c2)c(Br)cc1OC. The van der Waals surface area contributed by atoms with Gasteiger partial charge in [-0.3, -0.25) is 4.79 Å². The Bertz CT molecular complexity index is 809. The number of aryl methyl sites for hydroxylation is 1. The number of nitrogens with one attached hydrogen (secondary N) is 1. The maximum atomic E-state index is 12.1. The van der Waals surface area contributed by atoms with Gasteiger partial charge in [0.15, 0.2) is 11.5 Å². The number of hydrogen-bond acceptors (Lipinski definition) is 4. The summed E-state index contributed by atoms with van der Waals surface area (Å²) >= 11 is 9.48. The molecule has 0 unspecified atom stereocenters. The smallest absolute Gasteiger partial charge is 0.271 e. The Kier molecular flexibility index (Phi) is 6.84. The summed E-state index contributed by atoms with van der Waals surface area (Å²) in [6.07, 6.45) is 1.53. The van der Waals surface area contributed by atoms with Crippen LogP contribution in [0, 0.1) is 6.92 Å². The molecule has 5 nitrogen and oxygen atoms in total. The minimum absolute atomic E-state index is 0.340. The highest BCUT2D eigenvalue weighted by Gasteiger charge is 2.10. The molecule has 0 heterocycles. The summed E-state index contributed by atoms with van der Waals surface area (Å²) in [6, 6.07) is 8.66. The van der Waals surface area contributed by atoms with Crippen LogP contribution in [0.1, 0.15) is 28.4 Å². The van der Waals surface area contributed by atoms with Crippen molar-refractivity contribution in [3.8, 4) is 11.5 Å². The lowest BCUT2D eigenvalue weighted by Gasteiger charge is -2.11. The van der Waals surface area contributed by atoms with Crippen LogP contribution in [0.4, 0.5) is 0 Å². The first kappa shape index (κ1) is 19.3. The summed E-state index contributed by atoms with van der Waals surface area (Å²) in [6.45, 7) is 4.28. The van der Waals surface area contributed by atoms with E-state index in [-0.39, 0.29) is 5.91 Å². The Balaban J connectivity index is 2.14. The molecule has 0 saturated carbocycles. The highest BCUT2D eigenvalue weighted by molar-refractivity contribution is 9.10. The number of hydrazone groups is 1. The highest BCUT2D eigenvalue weighted by Crippen LogP contribution is 2.32. The second-order valence-electron chi connectivity index (χ2n) is 5.12. The number of halogens is 2. The minimum Gasteiger partial charge on any atom is -0.493 e. The highest BCUT2D eigenvalue weighted by atomic mass is 79.9. The van der Waals surface area contributed by atoms with Crippen LogP contribution in [0.15, 0.2) is 39.9 Å². The summed E-state index contributed by atoms with van der Waals surface area (Å²) in [4.78, 5) is 12.1. The van der Waals surface area contributed by atoms with E-state index < -0.39 is 0 Å². The fraction of sp³-hybridized carbons (Fsp3) is 0.222. The molecule has 0 bridgehead atoms. The number of hydrogen-bond donors (Lipinski definition) is 1. The molecule has 2 rings (SSSR count). The molecule has 1 N–H and O–H groups in total. The number of methoxy groups -OCH3 is 1. The molecule has 0 aliphatic heterocycles. The molecule has 0 atom stereocenters. The normalized spacial score (nSPS) is 10.8. The number of amides is 1. The van der Waals surface area contributed by atoms with E-state index >= 15 is 0 Å². The van der Waals surface area contributed by atoms with E-state index in [0.717, 1.165) is 15.6 Å². The number of nitrogens with zero attached hydrogens (tertiary/aromatic N) is 1. The topological polar surface area (TPSA) is 59.9 Å². The molecule has 0 aromatic heterocycles.